The number of hydrogen-bond donors (Lipinski definition) is 1. The van der Waals surface area contributed by atoms with Gasteiger partial charge in [0.1, 0.15) is 32.7 Å². The maximum Gasteiger partial charge on any atom is 0.360 e. The van der Waals surface area contributed by atoms with Crippen LogP contribution in [0, 0.1) is 0 Å². The zero-order valence-corrected chi connectivity index (χ0v) is 50.9. The number of aromatic nitrogens is 4. The molecule has 2 radical (unpaired) electrons. The first kappa shape index (κ1) is 73.0. The second-order valence-electron chi connectivity index (χ2n) is 13.2. The normalized spacial score (nSPS) is 9.90. The largest absolute Gasteiger partial charge is 0.632 e. The van der Waals surface area contributed by atoms with Gasteiger partial charge in [0.2, 0.25) is 12.2 Å². The van der Waals surface area contributed by atoms with Crippen LogP contribution >= 0.6 is 38.5 Å². The Bertz CT molecular complexity index is 2290. The molecule has 0 fully saturated rings. The molecule has 372 valence electrons. The summed E-state index contributed by atoms with van der Waals surface area (Å²) in [4.78, 5) is 61.7. The van der Waals surface area contributed by atoms with E-state index < -0.39 is 57.1 Å². The number of amides is 2. The molecule has 0 aromatic carbocycles. The summed E-state index contributed by atoms with van der Waals surface area (Å²) in [7, 11) is 3.34. The van der Waals surface area contributed by atoms with Crippen LogP contribution in [-0.4, -0.2) is 103 Å². The van der Waals surface area contributed by atoms with Gasteiger partial charge < -0.3 is 65.8 Å². The van der Waals surface area contributed by atoms with Crippen molar-refractivity contribution in [3.05, 3.63) is 76.3 Å². The fourth-order valence-corrected chi connectivity index (χ4v) is 4.67. The predicted octanol–water partition coefficient (Wildman–Crippen LogP) is 9.28. The van der Waals surface area contributed by atoms with Crippen molar-refractivity contribution in [2.45, 2.75) is 66.6 Å². The van der Waals surface area contributed by atoms with Crippen LogP contribution in [0.2, 0.25) is 0 Å². The number of fused-ring (bicyclic) bond motifs is 2. The van der Waals surface area contributed by atoms with Crippen molar-refractivity contribution >= 4 is 112 Å². The quantitative estimate of drug-likeness (QED) is 0.0342. The smallest absolute Gasteiger partial charge is 0.360 e. The van der Waals surface area contributed by atoms with Crippen LogP contribution in [-0.2, 0) is 123 Å². The number of nitrogens with zero attached hydrogens (tertiary/aromatic N) is 5. The molecule has 4 aromatic heterocycles. The molecule has 0 atom stereocenters. The summed E-state index contributed by atoms with van der Waals surface area (Å²) in [5.74, 6) is -0.796. The minimum Gasteiger partial charge on any atom is -0.632 e. The van der Waals surface area contributed by atoms with Crippen molar-refractivity contribution in [3.8, 4) is 11.5 Å². The minimum absolute atomic E-state index is 0. The first-order valence-corrected chi connectivity index (χ1v) is 23.2. The second kappa shape index (κ2) is 38.8. The van der Waals surface area contributed by atoms with Gasteiger partial charge in [-0.25, -0.2) is 19.6 Å². The minimum atomic E-state index is -2.55. The Kier molecular flexibility index (Phi) is 42.3. The molecular weight excluding hydrogens is 1250 g/mol. The number of anilines is 1. The number of ether oxygens (including phenoxy) is 6. The number of halogens is 2. The van der Waals surface area contributed by atoms with Crippen LogP contribution < -0.4 is 18.5 Å². The van der Waals surface area contributed by atoms with Crippen molar-refractivity contribution in [1.82, 2.24) is 24.7 Å². The van der Waals surface area contributed by atoms with E-state index in [9.17, 15) is 36.0 Å². The molecule has 0 bridgehead atoms. The molecule has 2 amide bonds. The van der Waals surface area contributed by atoms with E-state index in [-0.39, 0.29) is 88.4 Å². The van der Waals surface area contributed by atoms with E-state index in [1.54, 1.807) is 65.9 Å². The van der Waals surface area contributed by atoms with Crippen molar-refractivity contribution in [2.75, 3.05) is 51.8 Å². The molecule has 67 heavy (non-hydrogen) atoms. The molecular formula is C39H56BrIN8O14S2Y2-4. The molecule has 0 saturated carbocycles. The van der Waals surface area contributed by atoms with Crippen molar-refractivity contribution in [2.24, 2.45) is 0 Å². The first-order valence-electron chi connectivity index (χ1n) is 18.1. The van der Waals surface area contributed by atoms with Crippen LogP contribution in [0.15, 0.2) is 53.4 Å². The molecule has 4 heterocycles. The third-order valence-corrected chi connectivity index (χ3v) is 7.91. The van der Waals surface area contributed by atoms with Crippen LogP contribution in [0.3, 0.4) is 0 Å². The Morgan fingerprint density at radius 3 is 1.33 bits per heavy atom. The summed E-state index contributed by atoms with van der Waals surface area (Å²) in [5, 5.41) is 1.21. The van der Waals surface area contributed by atoms with Gasteiger partial charge in [-0.3, -0.25) is 19.6 Å². The van der Waals surface area contributed by atoms with Crippen LogP contribution in [0.25, 0.3) is 33.3 Å². The number of hydrogen-bond acceptors (Lipinski definition) is 20. The Morgan fingerprint density at radius 2 is 1.06 bits per heavy atom. The van der Waals surface area contributed by atoms with Gasteiger partial charge in [-0.1, -0.05) is 34.7 Å². The van der Waals surface area contributed by atoms with E-state index in [0.717, 1.165) is 9.69 Å². The fraction of sp³-hybridized carbons (Fsp3) is 0.436. The van der Waals surface area contributed by atoms with E-state index >= 15 is 0 Å². The summed E-state index contributed by atoms with van der Waals surface area (Å²) in [6.45, 7) is 14.3. The van der Waals surface area contributed by atoms with E-state index in [0.29, 0.717) is 26.8 Å². The molecule has 22 nitrogen and oxygen atoms in total. The molecule has 0 unspecified atom stereocenters. The Morgan fingerprint density at radius 1 is 0.716 bits per heavy atom. The number of pyridine rings is 4. The Labute approximate surface area is 467 Å². The van der Waals surface area contributed by atoms with Gasteiger partial charge in [-0.05, 0) is 126 Å². The molecule has 0 saturated heterocycles. The van der Waals surface area contributed by atoms with Gasteiger partial charge in [0, 0.05) is 99.5 Å². The van der Waals surface area contributed by atoms with Crippen molar-refractivity contribution in [1.29, 1.82) is 0 Å². The maximum atomic E-state index is 11.8. The molecule has 4 aromatic rings. The zero-order chi connectivity index (χ0) is 51.2. The average molecular weight is 1310 g/mol. The number of methoxy groups -OCH3 is 4. The van der Waals surface area contributed by atoms with Gasteiger partial charge in [-0.2, -0.15) is 0 Å². The summed E-state index contributed by atoms with van der Waals surface area (Å²) >= 11 is 5.44. The van der Waals surface area contributed by atoms with E-state index in [1.807, 2.05) is 41.7 Å². The first-order chi connectivity index (χ1) is 30.2. The standard InChI is InChI=1S/C12H12N3O5S.C11H9BrN2O3.2C5H11NO2.C4H8.CH3I.CH4NO2S.2Y/c1-15(21(17)18)11-7-5-4-6-13-8(7)10(19-2)9(14-11)12(16)20-3;1-16-9-7-6(4-3-5-13-7)10(12)14-8(9)11(15)17-2;2*1-5(2,3)8-4(6)7;1-3-4-2;1-2;1-2-5(3)4;;/h4-6H,1-3H3;3-5H,1-2H3;2*1-3H3,(H2,6,7);3-4H,1-2H3;1H3;1H3,(H,2,3,4);;/q-1;;;;;;-1;;/p-2. The summed E-state index contributed by atoms with van der Waals surface area (Å²) in [5.41, 5.74) is 12.6. The number of carbonyl (C=O) groups excluding carboxylic acids is 4. The average Bonchev–Trinajstić information content (AvgIpc) is 3.24. The number of rotatable bonds is 7. The van der Waals surface area contributed by atoms with Gasteiger partial charge >= 0.3 is 11.9 Å². The Hall–Kier alpha value is -2.98. The summed E-state index contributed by atoms with van der Waals surface area (Å²) in [6.07, 6.45) is 5.18. The third kappa shape index (κ3) is 30.3. The van der Waals surface area contributed by atoms with Gasteiger partial charge in [0.25, 0.3) is 0 Å². The number of nitrogens with one attached hydrogen (secondary N) is 3. The number of alkyl halides is 1. The number of esters is 2. The summed E-state index contributed by atoms with van der Waals surface area (Å²) in [6, 6.07) is 6.89. The van der Waals surface area contributed by atoms with Gasteiger partial charge in [0.05, 0.1) is 28.4 Å². The molecule has 28 heteroatoms. The number of carbonyl (C=O) groups is 4. The summed E-state index contributed by atoms with van der Waals surface area (Å²) < 4.78 is 72.8. The fourth-order valence-electron chi connectivity index (χ4n) is 3.89. The van der Waals surface area contributed by atoms with Crippen LogP contribution in [0.4, 0.5) is 15.4 Å². The molecule has 0 aliphatic carbocycles. The maximum absolute atomic E-state index is 11.8. The van der Waals surface area contributed by atoms with Gasteiger partial charge in [0.15, 0.2) is 22.9 Å². The molecule has 3 N–H and O–H groups in total. The van der Waals surface area contributed by atoms with Crippen LogP contribution in [0.1, 0.15) is 76.4 Å². The van der Waals surface area contributed by atoms with Crippen molar-refractivity contribution in [3.63, 3.8) is 0 Å². The molecule has 4 rings (SSSR count). The molecule has 0 spiro atoms. The zero-order valence-electron chi connectivity index (χ0n) is 39.8. The molecule has 0 aliphatic heterocycles. The third-order valence-electron chi connectivity index (χ3n) is 6.35. The van der Waals surface area contributed by atoms with Gasteiger partial charge in [-0.15, -0.1) is 0 Å². The monoisotopic (exact) mass is 1310 g/mol. The van der Waals surface area contributed by atoms with E-state index in [2.05, 4.69) is 77.4 Å². The Balaban J connectivity index is -0.000000249. The van der Waals surface area contributed by atoms with Crippen molar-refractivity contribution < 1.29 is 130 Å². The van der Waals surface area contributed by atoms with Crippen LogP contribution in [0.5, 0.6) is 11.5 Å². The van der Waals surface area contributed by atoms with E-state index in [1.165, 1.54) is 48.7 Å². The molecule has 0 aliphatic rings. The second-order valence-corrected chi connectivity index (χ2v) is 15.8. The SMILES string of the molecule is CC(C)(C)OC([NH-])=O.CC(C)(C)OC([NH-])=O.CC=CC.CI.CN[S-](=O)=O.COC(=O)c1nc(Br)c2cccnc2c1OC.COC(=O)c1nc(N(C)[S-](=O)=O)c2cccnc2c1OC.[Y].[Y]. The predicted molar refractivity (Wildman–Crippen MR) is 259 cm³/mol. The van der Waals surface area contributed by atoms with E-state index in [4.69, 9.17) is 20.9 Å². The number of allylic oxidation sites excluding steroid dienone is 2. The topological polar surface area (TPSA) is 306 Å².